The van der Waals surface area contributed by atoms with Crippen molar-refractivity contribution < 1.29 is 24.6 Å². The molecule has 8 N–H and O–H groups in total. The van der Waals surface area contributed by atoms with Gasteiger partial charge in [-0.25, -0.2) is 4.79 Å². The number of unbranched alkanes of at least 4 members (excludes halogenated alkanes) is 1. The number of nitrogens with one attached hydrogen (secondary N) is 2. The van der Waals surface area contributed by atoms with Crippen LogP contribution in [0.2, 0.25) is 0 Å². The minimum Gasteiger partial charge on any atom is -0.480 e. The van der Waals surface area contributed by atoms with E-state index in [1.54, 1.807) is 0 Å². The van der Waals surface area contributed by atoms with Gasteiger partial charge in [-0.05, 0) is 32.7 Å². The fourth-order valence-electron chi connectivity index (χ4n) is 1.70. The Bertz CT molecular complexity index is 408. The number of hydrogen-bond acceptors (Lipinski definition) is 7. The summed E-state index contributed by atoms with van der Waals surface area (Å²) in [5.74, 6) is -2.60. The summed E-state index contributed by atoms with van der Waals surface area (Å²) in [6.07, 6.45) is 0.356. The van der Waals surface area contributed by atoms with Crippen LogP contribution in [0, 0.1) is 0 Å². The Labute approximate surface area is 140 Å². The van der Waals surface area contributed by atoms with Crippen molar-refractivity contribution >= 4 is 30.4 Å². The largest absolute Gasteiger partial charge is 0.480 e. The zero-order valence-corrected chi connectivity index (χ0v) is 14.0. The predicted octanol–water partition coefficient (Wildman–Crippen LogP) is -2.19. The monoisotopic (exact) mass is 350 g/mol. The molecule has 0 bridgehead atoms. The Morgan fingerprint density at radius 1 is 1.13 bits per heavy atom. The molecule has 0 aliphatic carbocycles. The van der Waals surface area contributed by atoms with Crippen LogP contribution in [0.25, 0.3) is 0 Å². The number of nitrogens with two attached hydrogens (primary N) is 2. The van der Waals surface area contributed by atoms with Crippen LogP contribution in [0.4, 0.5) is 0 Å². The van der Waals surface area contributed by atoms with Crippen molar-refractivity contribution in [3.63, 3.8) is 0 Å². The topological polar surface area (TPSA) is 168 Å². The third-order valence-electron chi connectivity index (χ3n) is 3.20. The molecule has 4 atom stereocenters. The molecule has 0 aliphatic rings. The average molecular weight is 350 g/mol. The molecule has 0 aliphatic heterocycles. The Hall–Kier alpha value is -1.36. The van der Waals surface area contributed by atoms with Gasteiger partial charge < -0.3 is 32.3 Å². The number of carboxylic acids is 1. The summed E-state index contributed by atoms with van der Waals surface area (Å²) in [6.45, 7) is 1.78. The summed E-state index contributed by atoms with van der Waals surface area (Å²) in [5, 5.41) is 23.1. The second-order valence-electron chi connectivity index (χ2n) is 5.19. The Kier molecular flexibility index (Phi) is 10.6. The van der Waals surface area contributed by atoms with E-state index in [4.69, 9.17) is 16.6 Å². The molecule has 0 saturated heterocycles. The van der Waals surface area contributed by atoms with Crippen molar-refractivity contribution in [2.45, 2.75) is 50.4 Å². The summed E-state index contributed by atoms with van der Waals surface area (Å²) in [4.78, 5) is 35.0. The smallest absolute Gasteiger partial charge is 0.326 e. The predicted molar refractivity (Wildman–Crippen MR) is 87.9 cm³/mol. The average Bonchev–Trinajstić information content (AvgIpc) is 2.50. The maximum Gasteiger partial charge on any atom is 0.326 e. The van der Waals surface area contributed by atoms with Crippen molar-refractivity contribution in [2.24, 2.45) is 11.5 Å². The first kappa shape index (κ1) is 21.6. The van der Waals surface area contributed by atoms with Gasteiger partial charge in [-0.1, -0.05) is 0 Å². The maximum absolute atomic E-state index is 12.1. The van der Waals surface area contributed by atoms with Gasteiger partial charge in [-0.15, -0.1) is 0 Å². The number of aliphatic hydroxyl groups excluding tert-OH is 1. The van der Waals surface area contributed by atoms with Crippen molar-refractivity contribution in [3.8, 4) is 0 Å². The second-order valence-corrected chi connectivity index (χ2v) is 5.56. The molecule has 10 heteroatoms. The number of hydrogen-bond donors (Lipinski definition) is 7. The summed E-state index contributed by atoms with van der Waals surface area (Å²) in [5.41, 5.74) is 10.8. The van der Waals surface area contributed by atoms with E-state index in [2.05, 4.69) is 23.3 Å². The number of amides is 2. The molecule has 4 unspecified atom stereocenters. The fourth-order valence-corrected chi connectivity index (χ4v) is 1.96. The lowest BCUT2D eigenvalue weighted by atomic mass is 10.1. The molecule has 0 heterocycles. The number of thiol groups is 1. The van der Waals surface area contributed by atoms with Gasteiger partial charge in [0.15, 0.2) is 0 Å². The molecule has 0 spiro atoms. The highest BCUT2D eigenvalue weighted by Crippen LogP contribution is 2.02. The lowest BCUT2D eigenvalue weighted by Gasteiger charge is -2.22. The van der Waals surface area contributed by atoms with E-state index in [9.17, 15) is 19.5 Å². The second kappa shape index (κ2) is 11.2. The van der Waals surface area contributed by atoms with Crippen molar-refractivity contribution in [2.75, 3.05) is 12.3 Å². The van der Waals surface area contributed by atoms with Crippen LogP contribution in [0.15, 0.2) is 0 Å². The SMILES string of the molecule is CC(O)C(N)C(=O)NC(CS)C(=O)NC(CCCCN)C(=O)O. The quantitative estimate of drug-likeness (QED) is 0.164. The molecule has 0 aromatic heterocycles. The van der Waals surface area contributed by atoms with Gasteiger partial charge in [0.2, 0.25) is 11.8 Å². The van der Waals surface area contributed by atoms with E-state index in [-0.39, 0.29) is 12.2 Å². The first-order chi connectivity index (χ1) is 10.7. The molecular formula is C13H26N4O5S. The third kappa shape index (κ3) is 8.16. The standard InChI is InChI=1S/C13H26N4O5S/c1-7(18)10(15)12(20)17-9(6-23)11(19)16-8(13(21)22)4-2-3-5-14/h7-10,18,23H,2-6,14-15H2,1H3,(H,16,19)(H,17,20)(H,21,22). The van der Waals surface area contributed by atoms with Gasteiger partial charge in [0.1, 0.15) is 18.1 Å². The van der Waals surface area contributed by atoms with E-state index < -0.39 is 42.0 Å². The van der Waals surface area contributed by atoms with Crippen molar-refractivity contribution in [1.29, 1.82) is 0 Å². The molecule has 0 fully saturated rings. The molecule has 2 amide bonds. The van der Waals surface area contributed by atoms with Gasteiger partial charge in [-0.2, -0.15) is 12.6 Å². The molecule has 0 rings (SSSR count). The zero-order valence-electron chi connectivity index (χ0n) is 13.1. The van der Waals surface area contributed by atoms with Crippen LogP contribution < -0.4 is 22.1 Å². The Morgan fingerprint density at radius 2 is 1.70 bits per heavy atom. The van der Waals surface area contributed by atoms with E-state index >= 15 is 0 Å². The van der Waals surface area contributed by atoms with Gasteiger partial charge in [0.25, 0.3) is 0 Å². The van der Waals surface area contributed by atoms with E-state index in [0.717, 1.165) is 0 Å². The lowest BCUT2D eigenvalue weighted by Crippen LogP contribution is -2.56. The van der Waals surface area contributed by atoms with Gasteiger partial charge in [0.05, 0.1) is 6.10 Å². The van der Waals surface area contributed by atoms with Crippen LogP contribution >= 0.6 is 12.6 Å². The first-order valence-corrected chi connectivity index (χ1v) is 7.95. The van der Waals surface area contributed by atoms with Gasteiger partial charge in [0, 0.05) is 5.75 Å². The molecule has 0 aromatic carbocycles. The van der Waals surface area contributed by atoms with Crippen LogP contribution in [0.3, 0.4) is 0 Å². The highest BCUT2D eigenvalue weighted by molar-refractivity contribution is 7.80. The number of aliphatic carboxylic acids is 1. The highest BCUT2D eigenvalue weighted by Gasteiger charge is 2.28. The van der Waals surface area contributed by atoms with Gasteiger partial charge >= 0.3 is 5.97 Å². The van der Waals surface area contributed by atoms with Crippen LogP contribution in [0.5, 0.6) is 0 Å². The molecule has 23 heavy (non-hydrogen) atoms. The first-order valence-electron chi connectivity index (χ1n) is 7.32. The van der Waals surface area contributed by atoms with E-state index in [0.29, 0.717) is 19.4 Å². The summed E-state index contributed by atoms with van der Waals surface area (Å²) in [6, 6.07) is -3.31. The number of carbonyl (C=O) groups excluding carboxylic acids is 2. The van der Waals surface area contributed by atoms with E-state index in [1.807, 2.05) is 0 Å². The van der Waals surface area contributed by atoms with Crippen LogP contribution in [-0.4, -0.2) is 64.5 Å². The molecular weight excluding hydrogens is 324 g/mol. The Balaban J connectivity index is 4.67. The summed E-state index contributed by atoms with van der Waals surface area (Å²) < 4.78 is 0. The minimum absolute atomic E-state index is 0.0424. The molecule has 9 nitrogen and oxygen atoms in total. The molecule has 0 aromatic rings. The van der Waals surface area contributed by atoms with Crippen LogP contribution in [0.1, 0.15) is 26.2 Å². The van der Waals surface area contributed by atoms with E-state index in [1.165, 1.54) is 6.92 Å². The van der Waals surface area contributed by atoms with Crippen LogP contribution in [-0.2, 0) is 14.4 Å². The van der Waals surface area contributed by atoms with Crippen molar-refractivity contribution in [1.82, 2.24) is 10.6 Å². The fraction of sp³-hybridized carbons (Fsp3) is 0.769. The summed E-state index contributed by atoms with van der Waals surface area (Å²) in [7, 11) is 0. The summed E-state index contributed by atoms with van der Waals surface area (Å²) >= 11 is 3.97. The molecule has 134 valence electrons. The number of aliphatic hydroxyl groups is 1. The Morgan fingerprint density at radius 3 is 2.13 bits per heavy atom. The number of rotatable bonds is 11. The minimum atomic E-state index is -1.19. The van der Waals surface area contributed by atoms with Crippen molar-refractivity contribution in [3.05, 3.63) is 0 Å². The highest BCUT2D eigenvalue weighted by atomic mass is 32.1. The molecule has 0 radical (unpaired) electrons. The third-order valence-corrected chi connectivity index (χ3v) is 3.56. The number of carbonyl (C=O) groups is 3. The molecule has 0 saturated carbocycles. The normalized spacial score (nSPS) is 16.0. The van der Waals surface area contributed by atoms with Gasteiger partial charge in [-0.3, -0.25) is 9.59 Å². The number of carboxylic acid groups (broad SMARTS) is 1. The maximum atomic E-state index is 12.1. The lowest BCUT2D eigenvalue weighted by molar-refractivity contribution is -0.142. The zero-order chi connectivity index (χ0) is 18.0.